The second-order valence-electron chi connectivity index (χ2n) is 6.17. The summed E-state index contributed by atoms with van der Waals surface area (Å²) in [4.78, 5) is 22.9. The maximum absolute atomic E-state index is 11.8. The van der Waals surface area contributed by atoms with Crippen LogP contribution in [0.15, 0.2) is 0 Å². The van der Waals surface area contributed by atoms with E-state index in [9.17, 15) is 9.59 Å². The van der Waals surface area contributed by atoms with Gasteiger partial charge in [0.2, 0.25) is 5.91 Å². The maximum atomic E-state index is 11.8. The highest BCUT2D eigenvalue weighted by Crippen LogP contribution is 2.31. The lowest BCUT2D eigenvalue weighted by atomic mass is 9.95. The molecule has 0 saturated heterocycles. The van der Waals surface area contributed by atoms with E-state index in [0.29, 0.717) is 19.1 Å². The van der Waals surface area contributed by atoms with E-state index in [0.717, 1.165) is 32.1 Å². The quantitative estimate of drug-likeness (QED) is 0.690. The van der Waals surface area contributed by atoms with Crippen molar-refractivity contribution < 1.29 is 14.7 Å². The molecule has 3 N–H and O–H groups in total. The number of carbonyl (C=O) groups excluding carboxylic acids is 1. The minimum Gasteiger partial charge on any atom is -0.481 e. The summed E-state index contributed by atoms with van der Waals surface area (Å²) in [6, 6.07) is 0.344. The number of amides is 1. The summed E-state index contributed by atoms with van der Waals surface area (Å²) in [7, 11) is 0. The molecule has 0 aromatic carbocycles. The average Bonchev–Trinajstić information content (AvgIpc) is 2.88. The van der Waals surface area contributed by atoms with Gasteiger partial charge >= 0.3 is 5.97 Å². The van der Waals surface area contributed by atoms with Gasteiger partial charge < -0.3 is 15.7 Å². The summed E-state index contributed by atoms with van der Waals surface area (Å²) in [5.74, 6) is -0.707. The van der Waals surface area contributed by atoms with Crippen LogP contribution in [0.2, 0.25) is 0 Å². The zero-order valence-corrected chi connectivity index (χ0v) is 12.1. The third-order valence-electron chi connectivity index (χ3n) is 4.64. The molecular formula is C15H26N2O3. The first-order chi connectivity index (χ1) is 9.66. The fourth-order valence-electron chi connectivity index (χ4n) is 3.50. The molecule has 0 aliphatic heterocycles. The lowest BCUT2D eigenvalue weighted by Gasteiger charge is -2.23. The SMILES string of the molecule is O=C(CNCC1CCCC1C(=O)O)NC1CCCCC1. The van der Waals surface area contributed by atoms with Gasteiger partial charge in [0.15, 0.2) is 0 Å². The lowest BCUT2D eigenvalue weighted by molar-refractivity contribution is -0.142. The summed E-state index contributed by atoms with van der Waals surface area (Å²) in [6.07, 6.45) is 8.59. The van der Waals surface area contributed by atoms with Crippen LogP contribution in [-0.2, 0) is 9.59 Å². The van der Waals surface area contributed by atoms with Crippen molar-refractivity contribution in [3.8, 4) is 0 Å². The molecule has 2 aliphatic rings. The first-order valence-corrected chi connectivity index (χ1v) is 7.89. The van der Waals surface area contributed by atoms with Crippen molar-refractivity contribution in [2.75, 3.05) is 13.1 Å². The number of nitrogens with one attached hydrogen (secondary N) is 2. The highest BCUT2D eigenvalue weighted by Gasteiger charge is 2.32. The van der Waals surface area contributed by atoms with Gasteiger partial charge in [-0.1, -0.05) is 25.7 Å². The largest absolute Gasteiger partial charge is 0.481 e. The predicted molar refractivity (Wildman–Crippen MR) is 76.4 cm³/mol. The third-order valence-corrected chi connectivity index (χ3v) is 4.64. The van der Waals surface area contributed by atoms with Crippen LogP contribution >= 0.6 is 0 Å². The van der Waals surface area contributed by atoms with Crippen LogP contribution in [0.1, 0.15) is 51.4 Å². The minimum atomic E-state index is -0.694. The van der Waals surface area contributed by atoms with Gasteiger partial charge in [0.1, 0.15) is 0 Å². The number of carboxylic acids is 1. The van der Waals surface area contributed by atoms with E-state index in [-0.39, 0.29) is 17.7 Å². The van der Waals surface area contributed by atoms with Crippen LogP contribution in [0.25, 0.3) is 0 Å². The Kier molecular flexibility index (Phi) is 5.83. The van der Waals surface area contributed by atoms with Gasteiger partial charge in [-0.3, -0.25) is 9.59 Å². The zero-order valence-electron chi connectivity index (χ0n) is 12.1. The van der Waals surface area contributed by atoms with Crippen molar-refractivity contribution in [2.24, 2.45) is 11.8 Å². The molecule has 2 unspecified atom stereocenters. The van der Waals surface area contributed by atoms with Crippen molar-refractivity contribution in [1.82, 2.24) is 10.6 Å². The molecule has 0 radical (unpaired) electrons. The monoisotopic (exact) mass is 282 g/mol. The van der Waals surface area contributed by atoms with Crippen LogP contribution in [-0.4, -0.2) is 36.1 Å². The van der Waals surface area contributed by atoms with Gasteiger partial charge in [0.25, 0.3) is 0 Å². The molecule has 5 nitrogen and oxygen atoms in total. The molecule has 0 aromatic heterocycles. The van der Waals surface area contributed by atoms with Crippen LogP contribution in [0.5, 0.6) is 0 Å². The highest BCUT2D eigenvalue weighted by molar-refractivity contribution is 5.78. The Morgan fingerprint density at radius 1 is 1.00 bits per heavy atom. The first-order valence-electron chi connectivity index (χ1n) is 7.89. The Hall–Kier alpha value is -1.10. The Morgan fingerprint density at radius 3 is 2.45 bits per heavy atom. The second-order valence-corrected chi connectivity index (χ2v) is 6.17. The number of hydrogen-bond acceptors (Lipinski definition) is 3. The smallest absolute Gasteiger partial charge is 0.306 e. The zero-order chi connectivity index (χ0) is 14.4. The Balaban J connectivity index is 1.62. The van der Waals surface area contributed by atoms with Crippen molar-refractivity contribution >= 4 is 11.9 Å². The second kappa shape index (κ2) is 7.62. The summed E-state index contributed by atoms with van der Waals surface area (Å²) in [5, 5.41) is 15.3. The van der Waals surface area contributed by atoms with Gasteiger partial charge in [-0.2, -0.15) is 0 Å². The molecule has 0 spiro atoms. The van der Waals surface area contributed by atoms with E-state index in [1.54, 1.807) is 0 Å². The molecule has 1 amide bonds. The van der Waals surface area contributed by atoms with Gasteiger partial charge in [0.05, 0.1) is 12.5 Å². The highest BCUT2D eigenvalue weighted by atomic mass is 16.4. The van der Waals surface area contributed by atoms with Crippen molar-refractivity contribution in [3.63, 3.8) is 0 Å². The van der Waals surface area contributed by atoms with Gasteiger partial charge in [-0.25, -0.2) is 0 Å². The number of carboxylic acid groups (broad SMARTS) is 1. The molecule has 0 bridgehead atoms. The molecule has 20 heavy (non-hydrogen) atoms. The molecule has 0 heterocycles. The molecule has 2 atom stereocenters. The molecule has 2 rings (SSSR count). The predicted octanol–water partition coefficient (Wildman–Crippen LogP) is 1.53. The van der Waals surface area contributed by atoms with E-state index in [1.807, 2.05) is 0 Å². The first kappa shape index (κ1) is 15.3. The van der Waals surface area contributed by atoms with Gasteiger partial charge in [-0.05, 0) is 38.1 Å². The van der Waals surface area contributed by atoms with E-state index >= 15 is 0 Å². The lowest BCUT2D eigenvalue weighted by Crippen LogP contribution is -2.42. The van der Waals surface area contributed by atoms with Gasteiger partial charge in [-0.15, -0.1) is 0 Å². The fourth-order valence-corrected chi connectivity index (χ4v) is 3.50. The molecule has 114 valence electrons. The van der Waals surface area contributed by atoms with Crippen molar-refractivity contribution in [3.05, 3.63) is 0 Å². The number of carbonyl (C=O) groups is 2. The maximum Gasteiger partial charge on any atom is 0.306 e. The standard InChI is InChI=1S/C15H26N2O3/c18-14(17-12-6-2-1-3-7-12)10-16-9-11-5-4-8-13(11)15(19)20/h11-13,16H,1-10H2,(H,17,18)(H,19,20). The molecule has 0 aromatic rings. The van der Waals surface area contributed by atoms with E-state index in [2.05, 4.69) is 10.6 Å². The van der Waals surface area contributed by atoms with E-state index in [1.165, 1.54) is 19.3 Å². The minimum absolute atomic E-state index is 0.0433. The summed E-state index contributed by atoms with van der Waals surface area (Å²) >= 11 is 0. The molecule has 5 heteroatoms. The molecule has 2 aliphatic carbocycles. The number of aliphatic carboxylic acids is 1. The Bertz CT molecular complexity index is 340. The van der Waals surface area contributed by atoms with Crippen LogP contribution in [0.4, 0.5) is 0 Å². The normalized spacial score (nSPS) is 27.4. The fraction of sp³-hybridized carbons (Fsp3) is 0.867. The van der Waals surface area contributed by atoms with Crippen LogP contribution in [0.3, 0.4) is 0 Å². The van der Waals surface area contributed by atoms with E-state index in [4.69, 9.17) is 5.11 Å². The topological polar surface area (TPSA) is 78.4 Å². The average molecular weight is 282 g/mol. The summed E-state index contributed by atoms with van der Waals surface area (Å²) < 4.78 is 0. The van der Waals surface area contributed by atoms with Crippen LogP contribution < -0.4 is 10.6 Å². The Morgan fingerprint density at radius 2 is 1.75 bits per heavy atom. The molecular weight excluding hydrogens is 256 g/mol. The third kappa shape index (κ3) is 4.47. The number of rotatable bonds is 6. The summed E-state index contributed by atoms with van der Waals surface area (Å²) in [6.45, 7) is 0.939. The van der Waals surface area contributed by atoms with Crippen molar-refractivity contribution in [1.29, 1.82) is 0 Å². The van der Waals surface area contributed by atoms with Crippen molar-refractivity contribution in [2.45, 2.75) is 57.4 Å². The summed E-state index contributed by atoms with van der Waals surface area (Å²) in [5.41, 5.74) is 0. The Labute approximate surface area is 120 Å². The number of hydrogen-bond donors (Lipinski definition) is 3. The van der Waals surface area contributed by atoms with Gasteiger partial charge in [0, 0.05) is 6.04 Å². The molecule has 2 saturated carbocycles. The van der Waals surface area contributed by atoms with Crippen LogP contribution in [0, 0.1) is 11.8 Å². The molecule has 2 fully saturated rings. The van der Waals surface area contributed by atoms with E-state index < -0.39 is 5.97 Å².